The first kappa shape index (κ1) is 16.0. The van der Waals surface area contributed by atoms with E-state index >= 15 is 0 Å². The Hall–Kier alpha value is -2.54. The largest absolute Gasteiger partial charge is 0.418 e. The van der Waals surface area contributed by atoms with Gasteiger partial charge in [0.25, 0.3) is 0 Å². The van der Waals surface area contributed by atoms with Crippen molar-refractivity contribution in [3.63, 3.8) is 0 Å². The molecule has 0 aliphatic carbocycles. The van der Waals surface area contributed by atoms with Gasteiger partial charge in [0.15, 0.2) is 0 Å². The highest BCUT2D eigenvalue weighted by molar-refractivity contribution is 5.55. The second-order valence-corrected chi connectivity index (χ2v) is 6.30. The van der Waals surface area contributed by atoms with Crippen molar-refractivity contribution in [3.05, 3.63) is 47.9 Å². The summed E-state index contributed by atoms with van der Waals surface area (Å²) in [5, 5.41) is 12.7. The third kappa shape index (κ3) is 3.19. The van der Waals surface area contributed by atoms with Crippen LogP contribution < -0.4 is 0 Å². The zero-order valence-electron chi connectivity index (χ0n) is 14.4. The molecule has 3 aromatic rings. The third-order valence-electron chi connectivity index (χ3n) is 4.62. The van der Waals surface area contributed by atoms with Crippen LogP contribution in [0, 0.1) is 12.8 Å². The minimum absolute atomic E-state index is 0.186. The number of hydrogen-bond donors (Lipinski definition) is 0. The topological polar surface area (TPSA) is 78.9 Å². The quantitative estimate of drug-likeness (QED) is 0.711. The summed E-state index contributed by atoms with van der Waals surface area (Å²) < 4.78 is 13.7. The highest BCUT2D eigenvalue weighted by Gasteiger charge is 2.34. The molecule has 4 heterocycles. The molecular formula is C18H21N5O2. The van der Waals surface area contributed by atoms with Gasteiger partial charge in [0.05, 0.1) is 11.3 Å². The molecule has 2 atom stereocenters. The van der Waals surface area contributed by atoms with Crippen LogP contribution in [0.4, 0.5) is 0 Å². The Labute approximate surface area is 146 Å². The van der Waals surface area contributed by atoms with Gasteiger partial charge in [-0.25, -0.2) is 0 Å². The lowest BCUT2D eigenvalue weighted by molar-refractivity contribution is 0.0634. The van der Waals surface area contributed by atoms with E-state index in [1.165, 1.54) is 0 Å². The second-order valence-electron chi connectivity index (χ2n) is 6.30. The minimum Gasteiger partial charge on any atom is -0.418 e. The van der Waals surface area contributed by atoms with Crippen molar-refractivity contribution >= 4 is 0 Å². The standard InChI is InChI=1S/C18H21N5O2/c1-3-14-5-6-15(12(2)20-14)17-21-22-18(25-17)16-13(7-10-24-16)11-23-9-4-8-19-23/h4-6,8-9,13,16H,3,7,10-11H2,1-2H3/t13-,16-/m0/s1. The van der Waals surface area contributed by atoms with Gasteiger partial charge >= 0.3 is 0 Å². The van der Waals surface area contributed by atoms with Gasteiger partial charge in [-0.2, -0.15) is 5.10 Å². The summed E-state index contributed by atoms with van der Waals surface area (Å²) in [7, 11) is 0. The van der Waals surface area contributed by atoms with Gasteiger partial charge in [-0.1, -0.05) is 6.92 Å². The summed E-state index contributed by atoms with van der Waals surface area (Å²) in [4.78, 5) is 4.57. The molecule has 0 radical (unpaired) electrons. The van der Waals surface area contributed by atoms with E-state index in [1.54, 1.807) is 6.20 Å². The second kappa shape index (κ2) is 6.76. The Bertz CT molecular complexity index is 843. The number of aromatic nitrogens is 5. The van der Waals surface area contributed by atoms with E-state index in [0.717, 1.165) is 36.3 Å². The number of ether oxygens (including phenoxy) is 1. The maximum absolute atomic E-state index is 5.94. The Morgan fingerprint density at radius 1 is 1.28 bits per heavy atom. The molecule has 0 unspecified atom stereocenters. The molecule has 4 rings (SSSR count). The fourth-order valence-corrected chi connectivity index (χ4v) is 3.24. The summed E-state index contributed by atoms with van der Waals surface area (Å²) in [5.74, 6) is 1.30. The number of rotatable bonds is 5. The number of pyridine rings is 1. The van der Waals surface area contributed by atoms with Crippen LogP contribution in [0.15, 0.2) is 35.0 Å². The minimum atomic E-state index is -0.186. The van der Waals surface area contributed by atoms with Gasteiger partial charge in [-0.05, 0) is 38.0 Å². The molecule has 1 saturated heterocycles. The molecule has 3 aromatic heterocycles. The first-order valence-electron chi connectivity index (χ1n) is 8.64. The Morgan fingerprint density at radius 3 is 2.96 bits per heavy atom. The molecule has 0 N–H and O–H groups in total. The Kier molecular flexibility index (Phi) is 4.31. The highest BCUT2D eigenvalue weighted by Crippen LogP contribution is 2.36. The maximum atomic E-state index is 5.94. The molecule has 1 fully saturated rings. The van der Waals surface area contributed by atoms with E-state index in [0.29, 0.717) is 18.4 Å². The molecule has 0 bridgehead atoms. The van der Waals surface area contributed by atoms with E-state index in [-0.39, 0.29) is 12.0 Å². The lowest BCUT2D eigenvalue weighted by Gasteiger charge is -2.14. The fraction of sp³-hybridized carbons (Fsp3) is 0.444. The fourth-order valence-electron chi connectivity index (χ4n) is 3.24. The molecular weight excluding hydrogens is 318 g/mol. The van der Waals surface area contributed by atoms with E-state index in [1.807, 2.05) is 36.0 Å². The van der Waals surface area contributed by atoms with Crippen LogP contribution in [0.3, 0.4) is 0 Å². The summed E-state index contributed by atoms with van der Waals surface area (Å²) in [6.45, 7) is 5.52. The third-order valence-corrected chi connectivity index (χ3v) is 4.62. The van der Waals surface area contributed by atoms with Crippen molar-refractivity contribution in [2.75, 3.05) is 6.61 Å². The van der Waals surface area contributed by atoms with E-state index in [2.05, 4.69) is 27.2 Å². The number of aryl methyl sites for hydroxylation is 2. The van der Waals surface area contributed by atoms with E-state index in [9.17, 15) is 0 Å². The van der Waals surface area contributed by atoms with Crippen molar-refractivity contribution in [1.29, 1.82) is 0 Å². The number of hydrogen-bond acceptors (Lipinski definition) is 6. The van der Waals surface area contributed by atoms with Gasteiger partial charge in [-0.15, -0.1) is 10.2 Å². The summed E-state index contributed by atoms with van der Waals surface area (Å²) in [5.41, 5.74) is 2.83. The molecule has 1 aliphatic heterocycles. The average Bonchev–Trinajstić information content (AvgIpc) is 3.36. The van der Waals surface area contributed by atoms with Crippen LogP contribution in [-0.4, -0.2) is 31.6 Å². The van der Waals surface area contributed by atoms with Crippen molar-refractivity contribution in [3.8, 4) is 11.5 Å². The van der Waals surface area contributed by atoms with Gasteiger partial charge in [0, 0.05) is 37.2 Å². The zero-order chi connectivity index (χ0) is 17.2. The van der Waals surface area contributed by atoms with Crippen LogP contribution >= 0.6 is 0 Å². The SMILES string of the molecule is CCc1ccc(-c2nnc([C@H]3OCC[C@H]3Cn3cccn3)o2)c(C)n1. The molecule has 0 spiro atoms. The highest BCUT2D eigenvalue weighted by atomic mass is 16.5. The average molecular weight is 339 g/mol. The van der Waals surface area contributed by atoms with Crippen molar-refractivity contribution in [2.45, 2.75) is 39.3 Å². The van der Waals surface area contributed by atoms with Gasteiger partial charge in [-0.3, -0.25) is 9.67 Å². The molecule has 130 valence electrons. The summed E-state index contributed by atoms with van der Waals surface area (Å²) in [6, 6.07) is 5.92. The number of nitrogens with zero attached hydrogens (tertiary/aromatic N) is 5. The zero-order valence-corrected chi connectivity index (χ0v) is 14.4. The molecule has 0 saturated carbocycles. The summed E-state index contributed by atoms with van der Waals surface area (Å²) >= 11 is 0. The van der Waals surface area contributed by atoms with Crippen LogP contribution in [0.2, 0.25) is 0 Å². The molecule has 25 heavy (non-hydrogen) atoms. The summed E-state index contributed by atoms with van der Waals surface area (Å²) in [6.07, 6.45) is 5.41. The monoisotopic (exact) mass is 339 g/mol. The molecule has 0 aromatic carbocycles. The normalized spacial score (nSPS) is 20.2. The predicted octanol–water partition coefficient (Wildman–Crippen LogP) is 2.98. The van der Waals surface area contributed by atoms with Crippen LogP contribution in [0.25, 0.3) is 11.5 Å². The van der Waals surface area contributed by atoms with E-state index < -0.39 is 0 Å². The molecule has 0 amide bonds. The molecule has 1 aliphatic rings. The van der Waals surface area contributed by atoms with E-state index in [4.69, 9.17) is 9.15 Å². The van der Waals surface area contributed by atoms with Crippen molar-refractivity contribution < 1.29 is 9.15 Å². The first-order valence-corrected chi connectivity index (χ1v) is 8.64. The maximum Gasteiger partial charge on any atom is 0.249 e. The predicted molar refractivity (Wildman–Crippen MR) is 90.7 cm³/mol. The first-order chi connectivity index (χ1) is 12.2. The van der Waals surface area contributed by atoms with Crippen molar-refractivity contribution in [1.82, 2.24) is 25.0 Å². The van der Waals surface area contributed by atoms with Gasteiger partial charge in [0.2, 0.25) is 11.8 Å². The van der Waals surface area contributed by atoms with Gasteiger partial charge < -0.3 is 9.15 Å². The van der Waals surface area contributed by atoms with Crippen LogP contribution in [0.5, 0.6) is 0 Å². The Morgan fingerprint density at radius 2 is 2.20 bits per heavy atom. The van der Waals surface area contributed by atoms with Crippen molar-refractivity contribution in [2.24, 2.45) is 5.92 Å². The lowest BCUT2D eigenvalue weighted by atomic mass is 10.0. The smallest absolute Gasteiger partial charge is 0.249 e. The molecule has 7 nitrogen and oxygen atoms in total. The Balaban J connectivity index is 1.56. The van der Waals surface area contributed by atoms with Crippen LogP contribution in [0.1, 0.15) is 36.7 Å². The lowest BCUT2D eigenvalue weighted by Crippen LogP contribution is -2.15. The van der Waals surface area contributed by atoms with Gasteiger partial charge in [0.1, 0.15) is 6.10 Å². The van der Waals surface area contributed by atoms with Crippen LogP contribution in [-0.2, 0) is 17.7 Å². The molecule has 7 heteroatoms.